The van der Waals surface area contributed by atoms with Gasteiger partial charge in [0.15, 0.2) is 0 Å². The quantitative estimate of drug-likeness (QED) is 0.943. The number of benzene rings is 1. The maximum absolute atomic E-state index is 11.1. The van der Waals surface area contributed by atoms with Crippen LogP contribution in [0.25, 0.3) is 0 Å². The van der Waals surface area contributed by atoms with Crippen LogP contribution in [0.2, 0.25) is 0 Å². The van der Waals surface area contributed by atoms with E-state index in [4.69, 9.17) is 5.73 Å². The predicted molar refractivity (Wildman–Crippen MR) is 87.8 cm³/mol. The summed E-state index contributed by atoms with van der Waals surface area (Å²) in [6.07, 6.45) is 3.82. The van der Waals surface area contributed by atoms with Crippen LogP contribution in [-0.2, 0) is 6.42 Å². The molecule has 0 saturated carbocycles. The highest BCUT2D eigenvalue weighted by Gasteiger charge is 2.31. The fourth-order valence-corrected chi connectivity index (χ4v) is 3.22. The molecule has 1 aliphatic rings. The number of hydrogen-bond acceptors (Lipinski definition) is 3. The van der Waals surface area contributed by atoms with E-state index in [1.807, 2.05) is 6.07 Å². The maximum Gasteiger partial charge on any atom is 0.250 e. The largest absolute Gasteiger partial charge is 0.366 e. The van der Waals surface area contributed by atoms with Crippen molar-refractivity contribution in [1.29, 1.82) is 0 Å². The Morgan fingerprint density at radius 3 is 2.68 bits per heavy atom. The van der Waals surface area contributed by atoms with Gasteiger partial charge < -0.3 is 10.6 Å². The number of rotatable bonds is 4. The van der Waals surface area contributed by atoms with Crippen LogP contribution in [0.4, 0.5) is 5.82 Å². The summed E-state index contributed by atoms with van der Waals surface area (Å²) in [5.41, 5.74) is 7.10. The summed E-state index contributed by atoms with van der Waals surface area (Å²) in [5, 5.41) is 0. The number of carbonyl (C=O) groups is 1. The number of pyridine rings is 1. The molecular formula is C18H21N3O. The first-order valence-corrected chi connectivity index (χ1v) is 7.71. The summed E-state index contributed by atoms with van der Waals surface area (Å²) >= 11 is 0. The molecular weight excluding hydrogens is 274 g/mol. The van der Waals surface area contributed by atoms with Crippen LogP contribution in [0.1, 0.15) is 29.3 Å². The lowest BCUT2D eigenvalue weighted by Crippen LogP contribution is -2.31. The number of aromatic nitrogens is 1. The van der Waals surface area contributed by atoms with Crippen LogP contribution in [0, 0.1) is 5.92 Å². The van der Waals surface area contributed by atoms with Gasteiger partial charge in [-0.1, -0.05) is 30.3 Å². The van der Waals surface area contributed by atoms with Gasteiger partial charge in [-0.2, -0.15) is 0 Å². The Morgan fingerprint density at radius 2 is 2.05 bits per heavy atom. The van der Waals surface area contributed by atoms with Crippen LogP contribution < -0.4 is 10.6 Å². The summed E-state index contributed by atoms with van der Waals surface area (Å²) in [6.45, 7) is 3.26. The fraction of sp³-hybridized carbons (Fsp3) is 0.333. The maximum atomic E-state index is 11.1. The Kier molecular flexibility index (Phi) is 4.09. The molecule has 4 nitrogen and oxygen atoms in total. The lowest BCUT2D eigenvalue weighted by atomic mass is 9.93. The molecule has 2 N–H and O–H groups in total. The summed E-state index contributed by atoms with van der Waals surface area (Å²) in [6, 6.07) is 14.7. The number of primary amides is 1. The average molecular weight is 295 g/mol. The van der Waals surface area contributed by atoms with E-state index in [1.54, 1.807) is 12.3 Å². The van der Waals surface area contributed by atoms with Gasteiger partial charge in [-0.25, -0.2) is 4.98 Å². The third kappa shape index (κ3) is 2.96. The minimum absolute atomic E-state index is 0.435. The standard InChI is InChI=1S/C18H21N3O/c1-13-15(11-14-5-3-2-4-6-14)9-10-21(13)17-8-7-16(12-20-17)18(19)22/h2-8,12-13,15H,9-11H2,1H3,(H2,19,22). The molecule has 1 aliphatic heterocycles. The molecule has 1 amide bonds. The van der Waals surface area contributed by atoms with Gasteiger partial charge in [0.1, 0.15) is 5.82 Å². The molecule has 3 rings (SSSR count). The third-order valence-corrected chi connectivity index (χ3v) is 4.58. The van der Waals surface area contributed by atoms with Gasteiger partial charge in [0, 0.05) is 18.8 Å². The first-order valence-electron chi connectivity index (χ1n) is 7.71. The summed E-state index contributed by atoms with van der Waals surface area (Å²) in [7, 11) is 0. The van der Waals surface area contributed by atoms with Gasteiger partial charge in [-0.3, -0.25) is 4.79 Å². The molecule has 0 spiro atoms. The van der Waals surface area contributed by atoms with E-state index in [0.29, 0.717) is 17.5 Å². The van der Waals surface area contributed by atoms with E-state index in [1.165, 1.54) is 5.56 Å². The highest BCUT2D eigenvalue weighted by molar-refractivity contribution is 5.92. The van der Waals surface area contributed by atoms with Crippen LogP contribution in [0.5, 0.6) is 0 Å². The molecule has 4 heteroatoms. The fourth-order valence-electron chi connectivity index (χ4n) is 3.22. The molecule has 2 heterocycles. The number of nitrogens with two attached hydrogens (primary N) is 1. The second-order valence-electron chi connectivity index (χ2n) is 5.94. The van der Waals surface area contributed by atoms with Gasteiger partial charge in [-0.15, -0.1) is 0 Å². The number of nitrogens with zero attached hydrogens (tertiary/aromatic N) is 2. The van der Waals surface area contributed by atoms with E-state index < -0.39 is 5.91 Å². The van der Waals surface area contributed by atoms with Crippen LogP contribution in [0.15, 0.2) is 48.7 Å². The normalized spacial score (nSPS) is 21.0. The second-order valence-corrected chi connectivity index (χ2v) is 5.94. The van der Waals surface area contributed by atoms with Crippen molar-refractivity contribution >= 4 is 11.7 Å². The van der Waals surface area contributed by atoms with Gasteiger partial charge in [0.25, 0.3) is 0 Å². The smallest absolute Gasteiger partial charge is 0.250 e. The molecule has 0 aliphatic carbocycles. The molecule has 2 atom stereocenters. The molecule has 2 unspecified atom stereocenters. The van der Waals surface area contributed by atoms with Gasteiger partial charge in [0.2, 0.25) is 5.91 Å². The van der Waals surface area contributed by atoms with Gasteiger partial charge in [-0.05, 0) is 43.4 Å². The molecule has 1 fully saturated rings. The monoisotopic (exact) mass is 295 g/mol. The molecule has 22 heavy (non-hydrogen) atoms. The molecule has 1 aromatic carbocycles. The summed E-state index contributed by atoms with van der Waals surface area (Å²) in [5.74, 6) is 1.11. The van der Waals surface area contributed by atoms with E-state index in [9.17, 15) is 4.79 Å². The topological polar surface area (TPSA) is 59.2 Å². The lowest BCUT2D eigenvalue weighted by molar-refractivity contribution is 0.1000. The Balaban J connectivity index is 1.70. The molecule has 1 aromatic heterocycles. The minimum Gasteiger partial charge on any atom is -0.366 e. The minimum atomic E-state index is -0.435. The predicted octanol–water partition coefficient (Wildman–Crippen LogP) is 2.64. The van der Waals surface area contributed by atoms with E-state index in [0.717, 1.165) is 25.2 Å². The highest BCUT2D eigenvalue weighted by atomic mass is 16.1. The van der Waals surface area contributed by atoms with Crippen molar-refractivity contribution in [2.24, 2.45) is 11.7 Å². The van der Waals surface area contributed by atoms with E-state index in [2.05, 4.69) is 47.1 Å². The van der Waals surface area contributed by atoms with Crippen molar-refractivity contribution in [3.63, 3.8) is 0 Å². The Hall–Kier alpha value is -2.36. The van der Waals surface area contributed by atoms with Gasteiger partial charge >= 0.3 is 0 Å². The molecule has 0 bridgehead atoms. The first kappa shape index (κ1) is 14.6. The Bertz CT molecular complexity index is 639. The van der Waals surface area contributed by atoms with Gasteiger partial charge in [0.05, 0.1) is 5.56 Å². The lowest BCUT2D eigenvalue weighted by Gasteiger charge is -2.26. The summed E-state index contributed by atoms with van der Waals surface area (Å²) in [4.78, 5) is 17.8. The first-order chi connectivity index (χ1) is 10.6. The third-order valence-electron chi connectivity index (χ3n) is 4.58. The molecule has 114 valence electrons. The molecule has 1 saturated heterocycles. The van der Waals surface area contributed by atoms with Crippen molar-refractivity contribution in [3.05, 3.63) is 59.8 Å². The molecule has 2 aromatic rings. The van der Waals surface area contributed by atoms with Crippen LogP contribution in [0.3, 0.4) is 0 Å². The van der Waals surface area contributed by atoms with Crippen molar-refractivity contribution in [2.45, 2.75) is 25.8 Å². The Labute approximate surface area is 131 Å². The summed E-state index contributed by atoms with van der Waals surface area (Å²) < 4.78 is 0. The van der Waals surface area contributed by atoms with Crippen molar-refractivity contribution in [3.8, 4) is 0 Å². The Morgan fingerprint density at radius 1 is 1.27 bits per heavy atom. The zero-order valence-electron chi connectivity index (χ0n) is 12.8. The number of anilines is 1. The average Bonchev–Trinajstić information content (AvgIpc) is 2.89. The van der Waals surface area contributed by atoms with Crippen LogP contribution in [-0.4, -0.2) is 23.5 Å². The second kappa shape index (κ2) is 6.18. The van der Waals surface area contributed by atoms with Crippen molar-refractivity contribution < 1.29 is 4.79 Å². The zero-order chi connectivity index (χ0) is 15.5. The number of hydrogen-bond donors (Lipinski definition) is 1. The molecule has 0 radical (unpaired) electrons. The van der Waals surface area contributed by atoms with Crippen molar-refractivity contribution in [2.75, 3.05) is 11.4 Å². The number of amides is 1. The zero-order valence-corrected chi connectivity index (χ0v) is 12.8. The number of carbonyl (C=O) groups excluding carboxylic acids is 1. The van der Waals surface area contributed by atoms with E-state index in [-0.39, 0.29) is 0 Å². The van der Waals surface area contributed by atoms with E-state index >= 15 is 0 Å². The SMILES string of the molecule is CC1C(Cc2ccccc2)CCN1c1ccc(C(N)=O)cn1. The highest BCUT2D eigenvalue weighted by Crippen LogP contribution is 2.30. The van der Waals surface area contributed by atoms with Crippen LogP contribution >= 0.6 is 0 Å². The van der Waals surface area contributed by atoms with Crippen molar-refractivity contribution in [1.82, 2.24) is 4.98 Å².